The van der Waals surface area contributed by atoms with E-state index in [4.69, 9.17) is 17.3 Å². The van der Waals surface area contributed by atoms with Gasteiger partial charge in [0.1, 0.15) is 5.69 Å². The van der Waals surface area contributed by atoms with Crippen LogP contribution in [0.15, 0.2) is 30.7 Å². The van der Waals surface area contributed by atoms with Crippen molar-refractivity contribution in [1.29, 1.82) is 0 Å². The minimum Gasteiger partial charge on any atom is -0.391 e. The molecule has 3 N–H and O–H groups in total. The molecule has 0 saturated heterocycles. The second kappa shape index (κ2) is 7.54. The molecular formula is C15H20ClN5O2. The molecule has 0 radical (unpaired) electrons. The van der Waals surface area contributed by atoms with Gasteiger partial charge in [0.05, 0.1) is 30.6 Å². The van der Waals surface area contributed by atoms with Gasteiger partial charge in [0, 0.05) is 18.8 Å². The molecule has 1 amide bonds. The SMILES string of the molecule is CC(C)N(C(=O)CC(O)CN)c1cn(-c2cccnc2)nc1Cl. The maximum absolute atomic E-state index is 12.5. The molecule has 0 spiro atoms. The molecule has 2 heterocycles. The van der Waals surface area contributed by atoms with Crippen molar-refractivity contribution in [3.05, 3.63) is 35.9 Å². The van der Waals surface area contributed by atoms with Crippen LogP contribution in [0.25, 0.3) is 5.69 Å². The van der Waals surface area contributed by atoms with Crippen molar-refractivity contribution in [2.45, 2.75) is 32.4 Å². The van der Waals surface area contributed by atoms with E-state index in [1.165, 1.54) is 4.90 Å². The van der Waals surface area contributed by atoms with Crippen LogP contribution in [0.1, 0.15) is 20.3 Å². The van der Waals surface area contributed by atoms with E-state index in [0.29, 0.717) is 5.69 Å². The standard InChI is InChI=1S/C15H20ClN5O2/c1-10(2)21(14(23)6-12(22)7-17)13-9-20(19-15(13)16)11-4-3-5-18-8-11/h3-5,8-10,12,22H,6-7,17H2,1-2H3. The van der Waals surface area contributed by atoms with Gasteiger partial charge in [-0.15, -0.1) is 0 Å². The first-order chi connectivity index (χ1) is 10.9. The van der Waals surface area contributed by atoms with E-state index in [-0.39, 0.29) is 30.1 Å². The number of anilines is 1. The number of aliphatic hydroxyl groups excluding tert-OH is 1. The van der Waals surface area contributed by atoms with Crippen LogP contribution in [0.5, 0.6) is 0 Å². The van der Waals surface area contributed by atoms with Crippen molar-refractivity contribution in [3.63, 3.8) is 0 Å². The molecule has 0 aliphatic rings. The Balaban J connectivity index is 2.33. The van der Waals surface area contributed by atoms with Gasteiger partial charge in [-0.1, -0.05) is 11.6 Å². The average Bonchev–Trinajstić information content (AvgIpc) is 2.89. The molecule has 2 aromatic heterocycles. The van der Waals surface area contributed by atoms with Gasteiger partial charge in [-0.2, -0.15) is 5.10 Å². The smallest absolute Gasteiger partial charge is 0.230 e. The first-order valence-electron chi connectivity index (χ1n) is 7.29. The molecule has 0 aliphatic carbocycles. The van der Waals surface area contributed by atoms with Crippen molar-refractivity contribution >= 4 is 23.2 Å². The summed E-state index contributed by atoms with van der Waals surface area (Å²) in [7, 11) is 0. The lowest BCUT2D eigenvalue weighted by Crippen LogP contribution is -2.40. The van der Waals surface area contributed by atoms with Gasteiger partial charge in [-0.3, -0.25) is 9.78 Å². The fourth-order valence-electron chi connectivity index (χ4n) is 2.21. The van der Waals surface area contributed by atoms with Crippen molar-refractivity contribution in [3.8, 4) is 5.69 Å². The molecule has 0 aliphatic heterocycles. The van der Waals surface area contributed by atoms with Gasteiger partial charge < -0.3 is 15.7 Å². The second-order valence-corrected chi connectivity index (χ2v) is 5.77. The predicted octanol–water partition coefficient (Wildman–Crippen LogP) is 1.37. The predicted molar refractivity (Wildman–Crippen MR) is 88.7 cm³/mol. The summed E-state index contributed by atoms with van der Waals surface area (Å²) in [6.45, 7) is 3.76. The topological polar surface area (TPSA) is 97.3 Å². The molecule has 0 aromatic carbocycles. The fraction of sp³-hybridized carbons (Fsp3) is 0.400. The minimum absolute atomic E-state index is 0.0281. The van der Waals surface area contributed by atoms with Crippen LogP contribution in [0.2, 0.25) is 5.15 Å². The Labute approximate surface area is 139 Å². The first kappa shape index (κ1) is 17.4. The van der Waals surface area contributed by atoms with Gasteiger partial charge in [0.2, 0.25) is 5.91 Å². The van der Waals surface area contributed by atoms with Crippen LogP contribution in [-0.2, 0) is 4.79 Å². The Bertz CT molecular complexity index is 659. The monoisotopic (exact) mass is 337 g/mol. The molecule has 1 unspecified atom stereocenters. The van der Waals surface area contributed by atoms with Gasteiger partial charge in [0.15, 0.2) is 5.15 Å². The largest absolute Gasteiger partial charge is 0.391 e. The molecule has 0 fully saturated rings. The number of amides is 1. The molecule has 2 aromatic rings. The number of hydrogen-bond acceptors (Lipinski definition) is 5. The summed E-state index contributed by atoms with van der Waals surface area (Å²) < 4.78 is 1.56. The van der Waals surface area contributed by atoms with Crippen molar-refractivity contribution in [2.75, 3.05) is 11.4 Å². The number of hydrogen-bond donors (Lipinski definition) is 2. The fourth-order valence-corrected chi connectivity index (χ4v) is 2.43. The van der Waals surface area contributed by atoms with Crippen LogP contribution in [0, 0.1) is 0 Å². The molecule has 8 heteroatoms. The summed E-state index contributed by atoms with van der Waals surface area (Å²) in [4.78, 5) is 18.0. The Morgan fingerprint density at radius 2 is 2.26 bits per heavy atom. The van der Waals surface area contributed by atoms with Crippen LogP contribution in [-0.4, -0.2) is 44.5 Å². The summed E-state index contributed by atoms with van der Waals surface area (Å²) in [5.74, 6) is -0.259. The highest BCUT2D eigenvalue weighted by Gasteiger charge is 2.25. The highest BCUT2D eigenvalue weighted by molar-refractivity contribution is 6.32. The molecule has 124 valence electrons. The van der Waals surface area contributed by atoms with Crippen molar-refractivity contribution in [2.24, 2.45) is 5.73 Å². The van der Waals surface area contributed by atoms with Gasteiger partial charge in [-0.05, 0) is 26.0 Å². The third-order valence-corrected chi connectivity index (χ3v) is 3.56. The maximum Gasteiger partial charge on any atom is 0.230 e. The zero-order valence-electron chi connectivity index (χ0n) is 13.1. The molecule has 2 rings (SSSR count). The zero-order valence-corrected chi connectivity index (χ0v) is 13.8. The quantitative estimate of drug-likeness (QED) is 0.829. The van der Waals surface area contributed by atoms with Crippen molar-refractivity contribution in [1.82, 2.24) is 14.8 Å². The third-order valence-electron chi connectivity index (χ3n) is 3.29. The van der Waals surface area contributed by atoms with Gasteiger partial charge in [-0.25, -0.2) is 4.68 Å². The number of pyridine rings is 1. The van der Waals surface area contributed by atoms with E-state index in [0.717, 1.165) is 5.69 Å². The number of nitrogens with zero attached hydrogens (tertiary/aromatic N) is 4. The Kier molecular flexibility index (Phi) is 5.70. The van der Waals surface area contributed by atoms with Crippen LogP contribution in [0.4, 0.5) is 5.69 Å². The van der Waals surface area contributed by atoms with E-state index in [1.807, 2.05) is 19.9 Å². The number of rotatable bonds is 6. The number of aromatic nitrogens is 3. The van der Waals surface area contributed by atoms with E-state index in [9.17, 15) is 9.90 Å². The first-order valence-corrected chi connectivity index (χ1v) is 7.67. The normalized spacial score (nSPS) is 12.4. The summed E-state index contributed by atoms with van der Waals surface area (Å²) in [5.41, 5.74) is 6.60. The molecular weight excluding hydrogens is 318 g/mol. The lowest BCUT2D eigenvalue weighted by atomic mass is 10.2. The molecule has 0 saturated carbocycles. The van der Waals surface area contributed by atoms with E-state index < -0.39 is 6.10 Å². The van der Waals surface area contributed by atoms with E-state index in [1.54, 1.807) is 29.3 Å². The summed E-state index contributed by atoms with van der Waals surface area (Å²) in [6, 6.07) is 3.48. The van der Waals surface area contributed by atoms with Crippen LogP contribution >= 0.6 is 11.6 Å². The van der Waals surface area contributed by atoms with Crippen molar-refractivity contribution < 1.29 is 9.90 Å². The van der Waals surface area contributed by atoms with E-state index in [2.05, 4.69) is 10.1 Å². The zero-order chi connectivity index (χ0) is 17.0. The highest BCUT2D eigenvalue weighted by Crippen LogP contribution is 2.28. The summed E-state index contributed by atoms with van der Waals surface area (Å²) in [5, 5.41) is 14.1. The lowest BCUT2D eigenvalue weighted by Gasteiger charge is -2.26. The summed E-state index contributed by atoms with van der Waals surface area (Å²) >= 11 is 6.21. The molecule has 1 atom stereocenters. The van der Waals surface area contributed by atoms with Gasteiger partial charge in [0.25, 0.3) is 0 Å². The maximum atomic E-state index is 12.5. The van der Waals surface area contributed by atoms with Crippen LogP contribution < -0.4 is 10.6 Å². The Morgan fingerprint density at radius 3 is 2.83 bits per heavy atom. The van der Waals surface area contributed by atoms with E-state index >= 15 is 0 Å². The number of halogens is 1. The van der Waals surface area contributed by atoms with Crippen LogP contribution in [0.3, 0.4) is 0 Å². The average molecular weight is 338 g/mol. The highest BCUT2D eigenvalue weighted by atomic mass is 35.5. The lowest BCUT2D eigenvalue weighted by molar-refractivity contribution is -0.120. The third kappa shape index (κ3) is 4.07. The van der Waals surface area contributed by atoms with Gasteiger partial charge >= 0.3 is 0 Å². The minimum atomic E-state index is -0.879. The number of carbonyl (C=O) groups is 1. The number of nitrogens with two attached hydrogens (primary N) is 1. The number of carbonyl (C=O) groups excluding carboxylic acids is 1. The molecule has 7 nitrogen and oxygen atoms in total. The number of aliphatic hydroxyl groups is 1. The molecule has 0 bridgehead atoms. The Morgan fingerprint density at radius 1 is 1.52 bits per heavy atom. The summed E-state index contributed by atoms with van der Waals surface area (Å²) in [6.07, 6.45) is 4.03. The second-order valence-electron chi connectivity index (χ2n) is 5.41. The Hall–Kier alpha value is -1.96. The molecule has 23 heavy (non-hydrogen) atoms.